The average molecular weight is 748 g/mol. The number of pyridine rings is 1. The first-order chi connectivity index (χ1) is 21.0. The Hall–Kier alpha value is -4.92. The van der Waals surface area contributed by atoms with Gasteiger partial charge in [0.15, 0.2) is 0 Å². The molecule has 4 nitrogen and oxygen atoms in total. The Bertz CT molecular complexity index is 2190. The van der Waals surface area contributed by atoms with E-state index < -0.39 is 0 Å². The molecule has 0 atom stereocenters. The van der Waals surface area contributed by atoms with E-state index in [0.29, 0.717) is 0 Å². The fourth-order valence-electron chi connectivity index (χ4n) is 5.22. The molecule has 1 aliphatic rings. The van der Waals surface area contributed by atoms with E-state index in [2.05, 4.69) is 109 Å². The number of benzene rings is 5. The van der Waals surface area contributed by atoms with Crippen LogP contribution in [0.25, 0.3) is 33.2 Å². The zero-order valence-electron chi connectivity index (χ0n) is 24.6. The van der Waals surface area contributed by atoms with Gasteiger partial charge in [0.1, 0.15) is 11.3 Å². The third kappa shape index (κ3) is 5.57. The van der Waals surface area contributed by atoms with Crippen LogP contribution in [-0.4, -0.2) is 11.0 Å². The van der Waals surface area contributed by atoms with Gasteiger partial charge in [0.2, 0.25) is 5.69 Å². The summed E-state index contributed by atoms with van der Waals surface area (Å²) in [4.78, 5) is 4.41. The summed E-state index contributed by atoms with van der Waals surface area (Å²) in [5, 5.41) is 2.19. The number of aryl methyl sites for hydroxylation is 3. The van der Waals surface area contributed by atoms with E-state index in [1.807, 2.05) is 65.4 Å². The zero-order valence-corrected chi connectivity index (χ0v) is 27.0. The molecule has 8 rings (SSSR count). The number of rotatable bonds is 3. The largest absolute Gasteiger partial charge is 0.501 e. The van der Waals surface area contributed by atoms with Crippen LogP contribution < -0.4 is 9.15 Å². The fourth-order valence-corrected chi connectivity index (χ4v) is 5.22. The number of hydrogen-bond donors (Lipinski definition) is 0. The maximum Gasteiger partial charge on any atom is 0.501 e. The van der Waals surface area contributed by atoms with E-state index in [-0.39, 0.29) is 20.1 Å². The molecule has 0 saturated carbocycles. The maximum atomic E-state index is 6.03. The van der Waals surface area contributed by atoms with Gasteiger partial charge in [-0.1, -0.05) is 89.2 Å². The second-order valence-corrected chi connectivity index (χ2v) is 10.7. The van der Waals surface area contributed by atoms with Gasteiger partial charge in [-0.05, 0) is 41.1 Å². The second kappa shape index (κ2) is 12.4. The van der Waals surface area contributed by atoms with E-state index in [4.69, 9.17) is 4.42 Å². The summed E-state index contributed by atoms with van der Waals surface area (Å²) >= 11 is 0. The van der Waals surface area contributed by atoms with E-state index in [1.165, 1.54) is 16.7 Å². The molecule has 5 heteroatoms. The second-order valence-electron chi connectivity index (χ2n) is 10.7. The molecule has 0 saturated heterocycles. The van der Waals surface area contributed by atoms with Crippen LogP contribution in [0, 0.1) is 32.9 Å². The minimum absolute atomic E-state index is 0. The Balaban J connectivity index is 0.000000183. The van der Waals surface area contributed by atoms with Crippen molar-refractivity contribution in [1.82, 2.24) is 14.1 Å². The Morgan fingerprint density at radius 1 is 0.705 bits per heavy atom. The van der Waals surface area contributed by atoms with Crippen molar-refractivity contribution in [3.8, 4) is 11.3 Å². The van der Waals surface area contributed by atoms with Crippen LogP contribution in [0.2, 0.25) is 0 Å². The van der Waals surface area contributed by atoms with Crippen molar-refractivity contribution >= 4 is 50.7 Å². The van der Waals surface area contributed by atoms with Crippen LogP contribution in [0.5, 0.6) is 0 Å². The third-order valence-electron chi connectivity index (χ3n) is 7.72. The number of fused-ring (bicyclic) bond motifs is 4. The minimum Gasteiger partial charge on any atom is -0.483 e. The van der Waals surface area contributed by atoms with Gasteiger partial charge >= 0.3 is 6.01 Å². The fraction of sp³-hybridized carbons (Fsp3) is 0.0769. The normalized spacial score (nSPS) is 11.7. The molecule has 7 aromatic rings. The molecule has 0 bridgehead atoms. The molecule has 3 heterocycles. The molecule has 0 spiro atoms. The van der Waals surface area contributed by atoms with Gasteiger partial charge in [0.25, 0.3) is 11.4 Å². The predicted octanol–water partition coefficient (Wildman–Crippen LogP) is 9.71. The molecule has 0 N–H and O–H groups in total. The molecule has 2 aromatic heterocycles. The van der Waals surface area contributed by atoms with E-state index in [9.17, 15) is 0 Å². The topological polar surface area (TPSA) is 32.0 Å². The Labute approximate surface area is 270 Å². The van der Waals surface area contributed by atoms with Crippen LogP contribution in [0.3, 0.4) is 0 Å². The first-order valence-electron chi connectivity index (χ1n) is 14.3. The third-order valence-corrected chi connectivity index (χ3v) is 7.72. The number of aromatic nitrogens is 1. The van der Waals surface area contributed by atoms with Gasteiger partial charge in [0.05, 0.1) is 0 Å². The van der Waals surface area contributed by atoms with Gasteiger partial charge in [-0.2, -0.15) is 6.07 Å². The van der Waals surface area contributed by atoms with Crippen LogP contribution in [0.15, 0.2) is 126 Å². The van der Waals surface area contributed by atoms with Crippen LogP contribution >= 0.6 is 0 Å². The average Bonchev–Trinajstić information content (AvgIpc) is 3.62. The van der Waals surface area contributed by atoms with Crippen LogP contribution in [0.1, 0.15) is 16.7 Å². The number of para-hydroxylation sites is 4. The van der Waals surface area contributed by atoms with Crippen molar-refractivity contribution in [3.05, 3.63) is 150 Å². The molecular formula is C39H29IrN3O. The molecule has 44 heavy (non-hydrogen) atoms. The summed E-state index contributed by atoms with van der Waals surface area (Å²) in [5.74, 6) is 0. The van der Waals surface area contributed by atoms with Gasteiger partial charge in [-0.3, -0.25) is 0 Å². The molecule has 0 aliphatic carbocycles. The van der Waals surface area contributed by atoms with E-state index in [0.717, 1.165) is 55.9 Å². The van der Waals surface area contributed by atoms with Crippen molar-refractivity contribution in [3.63, 3.8) is 0 Å². The molecule has 0 fully saturated rings. The van der Waals surface area contributed by atoms with Crippen molar-refractivity contribution in [2.75, 3.05) is 0 Å². The molecule has 0 unspecified atom stereocenters. The van der Waals surface area contributed by atoms with Crippen molar-refractivity contribution in [1.29, 1.82) is 0 Å². The van der Waals surface area contributed by atoms with Gasteiger partial charge in [0, 0.05) is 56.2 Å². The molecule has 1 aliphatic heterocycles. The molecule has 1 radical (unpaired) electrons. The quantitative estimate of drug-likeness (QED) is 0.133. The predicted molar refractivity (Wildman–Crippen MR) is 176 cm³/mol. The van der Waals surface area contributed by atoms with Crippen LogP contribution in [0.4, 0.5) is 22.7 Å². The SMILES string of the molecule is C1=[N+](c2[c-]c3oc4ccccc4c3cc2)c2ccccc2[N+]=1c1ccccc1.Cc1c[c-]c(-c2cc(C)c(C)cn2)cc1.[Ir]. The van der Waals surface area contributed by atoms with Gasteiger partial charge < -0.3 is 9.40 Å². The molecule has 0 amide bonds. The Kier molecular flexibility index (Phi) is 8.19. The Morgan fingerprint density at radius 2 is 1.43 bits per heavy atom. The monoisotopic (exact) mass is 748 g/mol. The number of furan rings is 1. The van der Waals surface area contributed by atoms with Gasteiger partial charge in [-0.15, -0.1) is 35.4 Å². The standard InChI is InChI=1S/C25H15N2O.C14H14N.Ir/c1-2-8-18(9-3-1)26-17-27(23-12-6-5-11-22(23)26)19-14-15-21-20-10-4-7-13-24(20)28-25(21)16-19;1-10-4-6-13(7-5-10)14-8-11(2)12(3)9-15-14;/h1-15H;4-6,8-9H,1-3H3;/q+1;-1;. The molecule has 5 aromatic carbocycles. The zero-order chi connectivity index (χ0) is 29.3. The molecular weight excluding hydrogens is 719 g/mol. The summed E-state index contributed by atoms with van der Waals surface area (Å²) in [5.41, 5.74) is 11.6. The van der Waals surface area contributed by atoms with Crippen molar-refractivity contribution in [2.24, 2.45) is 0 Å². The summed E-state index contributed by atoms with van der Waals surface area (Å²) in [6, 6.07) is 49.2. The summed E-state index contributed by atoms with van der Waals surface area (Å²) in [6.45, 7) is 6.24. The summed E-state index contributed by atoms with van der Waals surface area (Å²) in [6.07, 6.45) is 1.92. The van der Waals surface area contributed by atoms with Gasteiger partial charge in [-0.25, -0.2) is 0 Å². The summed E-state index contributed by atoms with van der Waals surface area (Å²) in [7, 11) is 0. The summed E-state index contributed by atoms with van der Waals surface area (Å²) < 4.78 is 10.1. The van der Waals surface area contributed by atoms with E-state index >= 15 is 0 Å². The van der Waals surface area contributed by atoms with Crippen molar-refractivity contribution in [2.45, 2.75) is 20.8 Å². The number of hydrogen-bond acceptors (Lipinski definition) is 2. The Morgan fingerprint density at radius 3 is 2.18 bits per heavy atom. The molecule has 215 valence electrons. The first-order valence-corrected chi connectivity index (χ1v) is 14.3. The maximum absolute atomic E-state index is 6.03. The van der Waals surface area contributed by atoms with E-state index in [1.54, 1.807) is 0 Å². The number of nitrogens with zero attached hydrogens (tertiary/aromatic N) is 3. The smallest absolute Gasteiger partial charge is 0.483 e. The van der Waals surface area contributed by atoms with Crippen molar-refractivity contribution < 1.29 is 24.5 Å². The first kappa shape index (κ1) is 29.2. The minimum atomic E-state index is 0. The van der Waals surface area contributed by atoms with Crippen LogP contribution in [-0.2, 0) is 20.1 Å².